The van der Waals surface area contributed by atoms with E-state index in [1.807, 2.05) is 9.80 Å². The molecule has 1 N–H and O–H groups in total. The summed E-state index contributed by atoms with van der Waals surface area (Å²) in [5.74, 6) is 0.0735. The van der Waals surface area contributed by atoms with Crippen molar-refractivity contribution >= 4 is 11.8 Å². The van der Waals surface area contributed by atoms with Crippen LogP contribution in [0.5, 0.6) is 0 Å². The first kappa shape index (κ1) is 14.8. The Kier molecular flexibility index (Phi) is 3.85. The highest BCUT2D eigenvalue weighted by molar-refractivity contribution is 5.95. The number of amides is 2. The number of carbonyl (C=O) groups is 2. The molecule has 3 saturated heterocycles. The Morgan fingerprint density at radius 2 is 2.09 bits per heavy atom. The lowest BCUT2D eigenvalue weighted by atomic mass is 9.88. The van der Waals surface area contributed by atoms with Gasteiger partial charge in [-0.2, -0.15) is 0 Å². The molecule has 124 valence electrons. The van der Waals surface area contributed by atoms with E-state index >= 15 is 0 Å². The minimum atomic E-state index is -0.129. The number of rotatable bonds is 2. The number of fused-ring (bicyclic) bond motifs is 1. The number of likely N-dealkylation sites (tertiary alicyclic amines) is 2. The second-order valence-electron chi connectivity index (χ2n) is 6.79. The molecule has 3 fully saturated rings. The van der Waals surface area contributed by atoms with E-state index in [1.54, 1.807) is 18.5 Å². The molecule has 0 radical (unpaired) electrons. The quantitative estimate of drug-likeness (QED) is 0.893. The van der Waals surface area contributed by atoms with Gasteiger partial charge in [0.2, 0.25) is 5.91 Å². The topological polar surface area (TPSA) is 65.6 Å². The number of hydrogen-bond acceptors (Lipinski definition) is 3. The number of nitrogens with zero attached hydrogens (tertiary/aromatic N) is 2. The Morgan fingerprint density at radius 1 is 1.26 bits per heavy atom. The molecule has 6 heteroatoms. The Hall–Kier alpha value is -1.82. The summed E-state index contributed by atoms with van der Waals surface area (Å²) in [5, 5.41) is 0. The molecule has 0 spiro atoms. The second-order valence-corrected chi connectivity index (χ2v) is 6.79. The summed E-state index contributed by atoms with van der Waals surface area (Å²) in [6.07, 6.45) is 7.27. The first-order chi connectivity index (χ1) is 11.2. The molecule has 23 heavy (non-hydrogen) atoms. The molecular weight excluding hydrogens is 294 g/mol. The van der Waals surface area contributed by atoms with Crippen LogP contribution in [-0.2, 0) is 9.53 Å². The Labute approximate surface area is 135 Å². The Morgan fingerprint density at radius 3 is 2.83 bits per heavy atom. The summed E-state index contributed by atoms with van der Waals surface area (Å²) in [5.41, 5.74) is 0.657. The van der Waals surface area contributed by atoms with Crippen molar-refractivity contribution in [2.24, 2.45) is 5.92 Å². The lowest BCUT2D eigenvalue weighted by molar-refractivity contribution is -0.138. The summed E-state index contributed by atoms with van der Waals surface area (Å²) >= 11 is 0. The summed E-state index contributed by atoms with van der Waals surface area (Å²) in [6.45, 7) is 2.91. The standard InChI is InChI=1S/C17H23N3O3/c21-16(19-6-1-2-7-19)13-9-15-14(4-8-23-15)20(11-13)17(22)12-3-5-18-10-12/h3,5,10,13-15,18H,1-2,4,6-9,11H2/t13-,14-,15-/m1/s1. The maximum absolute atomic E-state index is 12.8. The van der Waals surface area contributed by atoms with Gasteiger partial charge < -0.3 is 19.5 Å². The Balaban J connectivity index is 1.54. The van der Waals surface area contributed by atoms with Gasteiger partial charge in [-0.3, -0.25) is 9.59 Å². The third kappa shape index (κ3) is 2.65. The van der Waals surface area contributed by atoms with Gasteiger partial charge in [0.05, 0.1) is 23.6 Å². The largest absolute Gasteiger partial charge is 0.376 e. The fourth-order valence-corrected chi connectivity index (χ4v) is 4.18. The highest BCUT2D eigenvalue weighted by atomic mass is 16.5. The third-order valence-corrected chi connectivity index (χ3v) is 5.38. The van der Waals surface area contributed by atoms with E-state index in [-0.39, 0.29) is 29.9 Å². The minimum Gasteiger partial charge on any atom is -0.376 e. The molecule has 3 aliphatic rings. The summed E-state index contributed by atoms with van der Waals surface area (Å²) in [7, 11) is 0. The van der Waals surface area contributed by atoms with Gasteiger partial charge in [-0.25, -0.2) is 0 Å². The first-order valence-electron chi connectivity index (χ1n) is 8.58. The highest BCUT2D eigenvalue weighted by Gasteiger charge is 2.45. The predicted molar refractivity (Wildman–Crippen MR) is 83.9 cm³/mol. The van der Waals surface area contributed by atoms with Crippen LogP contribution < -0.4 is 0 Å². The van der Waals surface area contributed by atoms with Crippen molar-refractivity contribution in [3.63, 3.8) is 0 Å². The maximum Gasteiger partial charge on any atom is 0.255 e. The molecular formula is C17H23N3O3. The van der Waals surface area contributed by atoms with Gasteiger partial charge in [0.1, 0.15) is 0 Å². The zero-order valence-corrected chi connectivity index (χ0v) is 13.2. The number of aromatic amines is 1. The van der Waals surface area contributed by atoms with Crippen LogP contribution in [0, 0.1) is 5.92 Å². The van der Waals surface area contributed by atoms with E-state index < -0.39 is 0 Å². The molecule has 1 aromatic rings. The maximum atomic E-state index is 12.8. The van der Waals surface area contributed by atoms with Crippen LogP contribution in [0.25, 0.3) is 0 Å². The summed E-state index contributed by atoms with van der Waals surface area (Å²) in [6, 6.07) is 1.90. The van der Waals surface area contributed by atoms with Crippen LogP contribution in [0.2, 0.25) is 0 Å². The van der Waals surface area contributed by atoms with Crippen LogP contribution in [0.15, 0.2) is 18.5 Å². The number of hydrogen-bond donors (Lipinski definition) is 1. The fourth-order valence-electron chi connectivity index (χ4n) is 4.18. The number of piperidine rings is 1. The number of nitrogens with one attached hydrogen (secondary N) is 1. The van der Waals surface area contributed by atoms with E-state index in [9.17, 15) is 9.59 Å². The molecule has 0 aromatic carbocycles. The van der Waals surface area contributed by atoms with E-state index in [0.717, 1.165) is 38.8 Å². The van der Waals surface area contributed by atoms with E-state index in [1.165, 1.54) is 0 Å². The molecule has 0 bridgehead atoms. The monoisotopic (exact) mass is 317 g/mol. The van der Waals surface area contributed by atoms with Crippen molar-refractivity contribution in [1.29, 1.82) is 0 Å². The van der Waals surface area contributed by atoms with Crippen molar-refractivity contribution in [1.82, 2.24) is 14.8 Å². The van der Waals surface area contributed by atoms with E-state index in [0.29, 0.717) is 18.7 Å². The van der Waals surface area contributed by atoms with Crippen LogP contribution in [0.3, 0.4) is 0 Å². The number of carbonyl (C=O) groups excluding carboxylic acids is 2. The van der Waals surface area contributed by atoms with Gasteiger partial charge in [0, 0.05) is 38.6 Å². The van der Waals surface area contributed by atoms with Crippen LogP contribution in [0.1, 0.15) is 36.0 Å². The molecule has 4 rings (SSSR count). The van der Waals surface area contributed by atoms with Crippen molar-refractivity contribution in [3.8, 4) is 0 Å². The molecule has 4 heterocycles. The zero-order valence-electron chi connectivity index (χ0n) is 13.2. The van der Waals surface area contributed by atoms with Crippen molar-refractivity contribution < 1.29 is 14.3 Å². The third-order valence-electron chi connectivity index (χ3n) is 5.38. The summed E-state index contributed by atoms with van der Waals surface area (Å²) in [4.78, 5) is 32.4. The molecule has 3 atom stereocenters. The highest BCUT2D eigenvalue weighted by Crippen LogP contribution is 2.33. The fraction of sp³-hybridized carbons (Fsp3) is 0.647. The van der Waals surface area contributed by atoms with Crippen LogP contribution in [0.4, 0.5) is 0 Å². The molecule has 0 saturated carbocycles. The van der Waals surface area contributed by atoms with Crippen molar-refractivity contribution in [2.45, 2.75) is 37.8 Å². The predicted octanol–water partition coefficient (Wildman–Crippen LogP) is 1.26. The lowest BCUT2D eigenvalue weighted by Gasteiger charge is -2.41. The molecule has 6 nitrogen and oxygen atoms in total. The molecule has 2 amide bonds. The van der Waals surface area contributed by atoms with Gasteiger partial charge in [-0.1, -0.05) is 0 Å². The lowest BCUT2D eigenvalue weighted by Crippen LogP contribution is -2.55. The number of ether oxygens (including phenoxy) is 1. The Bertz CT molecular complexity index is 580. The zero-order chi connectivity index (χ0) is 15.8. The molecule has 0 unspecified atom stereocenters. The first-order valence-corrected chi connectivity index (χ1v) is 8.58. The molecule has 1 aromatic heterocycles. The second kappa shape index (κ2) is 6.00. The van der Waals surface area contributed by atoms with Gasteiger partial charge in [0.15, 0.2) is 0 Å². The van der Waals surface area contributed by atoms with E-state index in [4.69, 9.17) is 4.74 Å². The number of aromatic nitrogens is 1. The molecule has 3 aliphatic heterocycles. The van der Waals surface area contributed by atoms with Crippen LogP contribution >= 0.6 is 0 Å². The van der Waals surface area contributed by atoms with E-state index in [2.05, 4.69) is 4.98 Å². The smallest absolute Gasteiger partial charge is 0.255 e. The normalized spacial score (nSPS) is 30.5. The van der Waals surface area contributed by atoms with Gasteiger partial charge >= 0.3 is 0 Å². The average molecular weight is 317 g/mol. The van der Waals surface area contributed by atoms with Crippen LogP contribution in [-0.4, -0.2) is 65.0 Å². The average Bonchev–Trinajstić information content (AvgIpc) is 3.34. The van der Waals surface area contributed by atoms with Gasteiger partial charge in [-0.05, 0) is 31.7 Å². The van der Waals surface area contributed by atoms with Gasteiger partial charge in [-0.15, -0.1) is 0 Å². The number of H-pyrrole nitrogens is 1. The van der Waals surface area contributed by atoms with Crippen molar-refractivity contribution in [3.05, 3.63) is 24.0 Å². The van der Waals surface area contributed by atoms with Gasteiger partial charge in [0.25, 0.3) is 5.91 Å². The van der Waals surface area contributed by atoms with Crippen molar-refractivity contribution in [2.75, 3.05) is 26.2 Å². The molecule has 0 aliphatic carbocycles. The minimum absolute atomic E-state index is 0.00296. The summed E-state index contributed by atoms with van der Waals surface area (Å²) < 4.78 is 5.83. The SMILES string of the molecule is O=C([C@@H]1C[C@H]2OCC[C@H]2N(C(=O)c2cc[nH]c2)C1)N1CCCC1.